The lowest BCUT2D eigenvalue weighted by atomic mass is 9.43. The number of piperazine rings is 1. The predicted molar refractivity (Wildman–Crippen MR) is 171 cm³/mol. The van der Waals surface area contributed by atoms with Gasteiger partial charge in [0, 0.05) is 32.6 Å². The van der Waals surface area contributed by atoms with Gasteiger partial charge in [0.15, 0.2) is 11.5 Å². The molecule has 248 valence electrons. The molecule has 5 fully saturated rings. The highest BCUT2D eigenvalue weighted by molar-refractivity contribution is 5.82. The van der Waals surface area contributed by atoms with Crippen LogP contribution in [-0.4, -0.2) is 82.9 Å². The van der Waals surface area contributed by atoms with E-state index in [1.54, 1.807) is 0 Å². The monoisotopic (exact) mass is 622 g/mol. The Kier molecular flexibility index (Phi) is 8.37. The number of hydrogen-bond acceptors (Lipinski definition) is 6. The van der Waals surface area contributed by atoms with Crippen molar-refractivity contribution < 1.29 is 29.3 Å². The molecule has 4 aliphatic carbocycles. The van der Waals surface area contributed by atoms with E-state index in [0.717, 1.165) is 32.1 Å². The van der Waals surface area contributed by atoms with Gasteiger partial charge in [-0.3, -0.25) is 9.59 Å². The van der Waals surface area contributed by atoms with Gasteiger partial charge in [0.2, 0.25) is 12.0 Å². The number of rotatable bonds is 5. The Hall–Kier alpha value is -2.32. The predicted octanol–water partition coefficient (Wildman–Crippen LogP) is 4.90. The maximum Gasteiger partial charge on any atom is 0.267 e. The SMILES string of the molecule is C[C@H](CCC(=O)N1CCN(C(=O)[C@@H]2COc3ccccc3O2)CC1)[C@@H]1CC[C@@H]2[C@H]3[C@@H](CC[C@@]21C)[C@@]1(C)CC[C@@H](O)C[C@@H]1C[C@@H]3O. The maximum absolute atomic E-state index is 13.3. The van der Waals surface area contributed by atoms with Gasteiger partial charge in [-0.1, -0.05) is 32.9 Å². The first-order chi connectivity index (χ1) is 21.6. The summed E-state index contributed by atoms with van der Waals surface area (Å²) in [7, 11) is 0. The van der Waals surface area contributed by atoms with E-state index < -0.39 is 6.10 Å². The van der Waals surface area contributed by atoms with Gasteiger partial charge in [-0.05, 0) is 116 Å². The maximum atomic E-state index is 13.3. The van der Waals surface area contributed by atoms with E-state index in [1.165, 1.54) is 25.7 Å². The number of aliphatic hydroxyl groups excluding tert-OH is 2. The molecule has 6 aliphatic rings. The van der Waals surface area contributed by atoms with Crippen LogP contribution in [0.15, 0.2) is 24.3 Å². The molecule has 2 N–H and O–H groups in total. The molecule has 1 saturated heterocycles. The highest BCUT2D eigenvalue weighted by atomic mass is 16.6. The smallest absolute Gasteiger partial charge is 0.267 e. The fourth-order valence-corrected chi connectivity index (χ4v) is 11.4. The minimum atomic E-state index is -0.649. The highest BCUT2D eigenvalue weighted by Crippen LogP contribution is 2.68. The first kappa shape index (κ1) is 31.3. The minimum Gasteiger partial charge on any atom is -0.485 e. The first-order valence-electron chi connectivity index (χ1n) is 17.9. The van der Waals surface area contributed by atoms with Crippen LogP contribution in [0.3, 0.4) is 0 Å². The second-order valence-corrected chi connectivity index (χ2v) is 16.0. The van der Waals surface area contributed by atoms with Crippen LogP contribution in [0.2, 0.25) is 0 Å². The molecule has 0 bridgehead atoms. The van der Waals surface area contributed by atoms with Crippen molar-refractivity contribution in [2.24, 2.45) is 46.3 Å². The molecular weight excluding hydrogens is 568 g/mol. The van der Waals surface area contributed by atoms with Crippen molar-refractivity contribution in [3.63, 3.8) is 0 Å². The molecule has 0 unspecified atom stereocenters. The zero-order valence-corrected chi connectivity index (χ0v) is 27.5. The fourth-order valence-electron chi connectivity index (χ4n) is 11.4. The molecule has 8 heteroatoms. The Bertz CT molecular complexity index is 1270. The zero-order chi connectivity index (χ0) is 31.5. The summed E-state index contributed by atoms with van der Waals surface area (Å²) in [5.74, 6) is 4.37. The van der Waals surface area contributed by atoms with Gasteiger partial charge in [0.1, 0.15) is 6.61 Å². The Morgan fingerprint density at radius 2 is 1.60 bits per heavy atom. The van der Waals surface area contributed by atoms with E-state index >= 15 is 0 Å². The van der Waals surface area contributed by atoms with Gasteiger partial charge in [-0.15, -0.1) is 0 Å². The summed E-state index contributed by atoms with van der Waals surface area (Å²) < 4.78 is 11.7. The standard InChI is InChI=1S/C37H54N2O6/c1-23(8-11-33(42)38-16-18-39(19-17-38)35(43)32-22-44-30-6-4-5-7-31(30)45-32)26-9-10-27-34-28(13-15-37(26,27)3)36(2)14-12-25(40)20-24(36)21-29(34)41/h4-7,23-29,32,34,40-41H,8-22H2,1-3H3/t23-,24-,25-,26+,27-,28-,29+,32+,34+,36+,37-/m1/s1. The van der Waals surface area contributed by atoms with Crippen LogP contribution in [0.1, 0.15) is 85.0 Å². The molecule has 2 aliphatic heterocycles. The fraction of sp³-hybridized carbons (Fsp3) is 0.784. The molecule has 7 rings (SSSR count). The molecule has 45 heavy (non-hydrogen) atoms. The Balaban J connectivity index is 0.909. The number of hydrogen-bond donors (Lipinski definition) is 2. The summed E-state index contributed by atoms with van der Waals surface area (Å²) in [6, 6.07) is 7.42. The van der Waals surface area contributed by atoms with E-state index in [2.05, 4.69) is 20.8 Å². The Morgan fingerprint density at radius 3 is 2.38 bits per heavy atom. The number of fused-ring (bicyclic) bond motifs is 6. The molecule has 2 amide bonds. The van der Waals surface area contributed by atoms with Crippen LogP contribution < -0.4 is 9.47 Å². The number of amides is 2. The average molecular weight is 623 g/mol. The number of ether oxygens (including phenoxy) is 2. The van der Waals surface area contributed by atoms with E-state index in [4.69, 9.17) is 9.47 Å². The van der Waals surface area contributed by atoms with Crippen molar-refractivity contribution in [1.29, 1.82) is 0 Å². The van der Waals surface area contributed by atoms with Gasteiger partial charge < -0.3 is 29.5 Å². The van der Waals surface area contributed by atoms with Crippen LogP contribution in [0.25, 0.3) is 0 Å². The molecule has 8 nitrogen and oxygen atoms in total. The van der Waals surface area contributed by atoms with Crippen molar-refractivity contribution in [1.82, 2.24) is 9.80 Å². The molecule has 11 atom stereocenters. The summed E-state index contributed by atoms with van der Waals surface area (Å²) in [4.78, 5) is 30.2. The molecule has 1 aromatic carbocycles. The second kappa shape index (κ2) is 12.0. The van der Waals surface area contributed by atoms with Crippen LogP contribution in [0, 0.1) is 46.3 Å². The molecule has 0 spiro atoms. The lowest BCUT2D eigenvalue weighted by molar-refractivity contribution is -0.174. The molecule has 0 radical (unpaired) electrons. The molecule has 1 aromatic rings. The van der Waals surface area contributed by atoms with Gasteiger partial charge in [-0.2, -0.15) is 0 Å². The summed E-state index contributed by atoms with van der Waals surface area (Å²) in [6.07, 6.45) is 8.86. The van der Waals surface area contributed by atoms with Crippen LogP contribution in [-0.2, 0) is 9.59 Å². The molecule has 2 heterocycles. The summed E-state index contributed by atoms with van der Waals surface area (Å²) >= 11 is 0. The molecule has 0 aromatic heterocycles. The normalized spacial score (nSPS) is 41.4. The van der Waals surface area contributed by atoms with E-state index in [9.17, 15) is 19.8 Å². The number of aliphatic hydroxyl groups is 2. The number of carbonyl (C=O) groups is 2. The number of nitrogens with zero attached hydrogens (tertiary/aromatic N) is 2. The summed E-state index contributed by atoms with van der Waals surface area (Å²) in [6.45, 7) is 9.71. The van der Waals surface area contributed by atoms with Gasteiger partial charge in [-0.25, -0.2) is 0 Å². The first-order valence-corrected chi connectivity index (χ1v) is 17.9. The summed E-state index contributed by atoms with van der Waals surface area (Å²) in [5, 5.41) is 21.9. The second-order valence-electron chi connectivity index (χ2n) is 16.0. The van der Waals surface area contributed by atoms with E-state index in [0.29, 0.717) is 79.6 Å². The van der Waals surface area contributed by atoms with Crippen LogP contribution in [0.4, 0.5) is 0 Å². The largest absolute Gasteiger partial charge is 0.485 e. The zero-order valence-electron chi connectivity index (χ0n) is 27.5. The third kappa shape index (κ3) is 5.46. The molecule has 4 saturated carbocycles. The third-order valence-corrected chi connectivity index (χ3v) is 14.0. The summed E-state index contributed by atoms with van der Waals surface area (Å²) in [5.41, 5.74) is 0.469. The Labute approximate surface area is 268 Å². The third-order valence-electron chi connectivity index (χ3n) is 14.0. The van der Waals surface area contributed by atoms with E-state index in [1.807, 2.05) is 34.1 Å². The number of para-hydroxylation sites is 2. The minimum absolute atomic E-state index is 0.0716. The van der Waals surface area contributed by atoms with Crippen LogP contribution >= 0.6 is 0 Å². The topological polar surface area (TPSA) is 99.5 Å². The quantitative estimate of drug-likeness (QED) is 0.485. The Morgan fingerprint density at radius 1 is 0.911 bits per heavy atom. The van der Waals surface area contributed by atoms with Gasteiger partial charge in [0.25, 0.3) is 5.91 Å². The van der Waals surface area contributed by atoms with Gasteiger partial charge in [0.05, 0.1) is 12.2 Å². The lowest BCUT2D eigenvalue weighted by Crippen LogP contribution is -2.58. The van der Waals surface area contributed by atoms with Gasteiger partial charge >= 0.3 is 0 Å². The van der Waals surface area contributed by atoms with E-state index in [-0.39, 0.29) is 41.5 Å². The number of carbonyl (C=O) groups excluding carboxylic acids is 2. The van der Waals surface area contributed by atoms with Crippen LogP contribution in [0.5, 0.6) is 11.5 Å². The lowest BCUT2D eigenvalue weighted by Gasteiger charge is -2.62. The highest BCUT2D eigenvalue weighted by Gasteiger charge is 2.62. The average Bonchev–Trinajstić information content (AvgIpc) is 3.41. The van der Waals surface area contributed by atoms with Crippen molar-refractivity contribution in [2.75, 3.05) is 32.8 Å². The van der Waals surface area contributed by atoms with Crippen molar-refractivity contribution >= 4 is 11.8 Å². The molecular formula is C37H54N2O6. The van der Waals surface area contributed by atoms with Crippen molar-refractivity contribution in [2.45, 2.75) is 103 Å². The number of benzene rings is 1. The van der Waals surface area contributed by atoms with Crippen molar-refractivity contribution in [3.05, 3.63) is 24.3 Å². The van der Waals surface area contributed by atoms with Crippen molar-refractivity contribution in [3.8, 4) is 11.5 Å².